The molecule has 0 spiro atoms. The van der Waals surface area contributed by atoms with E-state index < -0.39 is 0 Å². The molecule has 0 bridgehead atoms. The van der Waals surface area contributed by atoms with Crippen molar-refractivity contribution in [1.29, 1.82) is 0 Å². The molecule has 0 aliphatic rings. The Morgan fingerprint density at radius 3 is 1.80 bits per heavy atom. The second-order valence-electron chi connectivity index (χ2n) is 12.8. The van der Waals surface area contributed by atoms with Crippen LogP contribution in [0.5, 0.6) is 0 Å². The van der Waals surface area contributed by atoms with E-state index in [1.165, 1.54) is 27.1 Å². The molecular weight excluding hydrogens is 623 g/mol. The summed E-state index contributed by atoms with van der Waals surface area (Å²) < 4.78 is 6.49. The molecule has 0 saturated heterocycles. The third-order valence-corrected chi connectivity index (χ3v) is 9.71. The van der Waals surface area contributed by atoms with Crippen LogP contribution in [-0.4, -0.2) is 15.0 Å². The van der Waals surface area contributed by atoms with Gasteiger partial charge in [0.1, 0.15) is 11.2 Å². The lowest BCUT2D eigenvalue weighted by atomic mass is 9.93. The summed E-state index contributed by atoms with van der Waals surface area (Å²) in [7, 11) is 0. The lowest BCUT2D eigenvalue weighted by Gasteiger charge is -2.11. The summed E-state index contributed by atoms with van der Waals surface area (Å²) in [6.07, 6.45) is 0. The van der Waals surface area contributed by atoms with Crippen LogP contribution in [0.25, 0.3) is 99.9 Å². The molecule has 0 fully saturated rings. The Bertz CT molecular complexity index is 2910. The number of nitrogens with zero attached hydrogens (tertiary/aromatic N) is 3. The van der Waals surface area contributed by atoms with E-state index in [1.807, 2.05) is 48.5 Å². The van der Waals surface area contributed by atoms with Gasteiger partial charge in [0.25, 0.3) is 0 Å². The van der Waals surface area contributed by atoms with Crippen molar-refractivity contribution < 1.29 is 4.42 Å². The zero-order valence-electron chi connectivity index (χ0n) is 27.5. The fraction of sp³-hybridized carbons (Fsp3) is 0. The summed E-state index contributed by atoms with van der Waals surface area (Å²) in [5, 5.41) is 6.93. The first kappa shape index (κ1) is 29.0. The van der Waals surface area contributed by atoms with Crippen LogP contribution >= 0.6 is 0 Å². The quantitative estimate of drug-likeness (QED) is 0.174. The number of aromatic nitrogens is 3. The van der Waals surface area contributed by atoms with Gasteiger partial charge in [0.2, 0.25) is 0 Å². The molecule has 0 saturated carbocycles. The molecule has 10 aromatic rings. The van der Waals surface area contributed by atoms with E-state index in [0.717, 1.165) is 55.3 Å². The Balaban J connectivity index is 1.19. The summed E-state index contributed by atoms with van der Waals surface area (Å²) in [6, 6.07) is 61.1. The maximum absolute atomic E-state index is 6.49. The molecule has 10 rings (SSSR count). The Morgan fingerprint density at radius 1 is 0.314 bits per heavy atom. The van der Waals surface area contributed by atoms with E-state index in [1.54, 1.807) is 0 Å². The first-order valence-electron chi connectivity index (χ1n) is 17.1. The molecule has 51 heavy (non-hydrogen) atoms. The van der Waals surface area contributed by atoms with E-state index in [0.29, 0.717) is 17.5 Å². The van der Waals surface area contributed by atoms with Gasteiger partial charge in [-0.1, -0.05) is 152 Å². The predicted octanol–water partition coefficient (Wildman–Crippen LogP) is 12.4. The molecule has 0 amide bonds. The second-order valence-corrected chi connectivity index (χ2v) is 12.8. The molecule has 2 aromatic heterocycles. The summed E-state index contributed by atoms with van der Waals surface area (Å²) in [5.41, 5.74) is 8.91. The molecule has 4 heteroatoms. The molecule has 0 aliphatic carbocycles. The van der Waals surface area contributed by atoms with Crippen molar-refractivity contribution >= 4 is 43.5 Å². The zero-order chi connectivity index (χ0) is 33.7. The van der Waals surface area contributed by atoms with Gasteiger partial charge in [-0.2, -0.15) is 0 Å². The van der Waals surface area contributed by atoms with Crippen molar-refractivity contribution in [2.24, 2.45) is 0 Å². The maximum atomic E-state index is 6.49. The maximum Gasteiger partial charge on any atom is 0.164 e. The smallest absolute Gasteiger partial charge is 0.164 e. The fourth-order valence-electron chi connectivity index (χ4n) is 7.29. The highest BCUT2D eigenvalue weighted by Gasteiger charge is 2.19. The molecule has 0 unspecified atom stereocenters. The van der Waals surface area contributed by atoms with Crippen LogP contribution in [0.15, 0.2) is 180 Å². The third-order valence-electron chi connectivity index (χ3n) is 9.71. The Labute approximate surface area is 294 Å². The molecule has 8 aromatic carbocycles. The molecule has 0 atom stereocenters. The van der Waals surface area contributed by atoms with Crippen molar-refractivity contribution in [2.75, 3.05) is 0 Å². The Hall–Kier alpha value is -6.91. The highest BCUT2D eigenvalue weighted by Crippen LogP contribution is 2.41. The van der Waals surface area contributed by atoms with Crippen LogP contribution in [0.2, 0.25) is 0 Å². The van der Waals surface area contributed by atoms with Gasteiger partial charge in [-0.25, -0.2) is 15.0 Å². The van der Waals surface area contributed by atoms with E-state index in [4.69, 9.17) is 19.4 Å². The van der Waals surface area contributed by atoms with Gasteiger partial charge in [0, 0.05) is 27.5 Å². The van der Waals surface area contributed by atoms with Crippen LogP contribution in [0.1, 0.15) is 0 Å². The molecule has 0 aliphatic heterocycles. The number of rotatable bonds is 5. The predicted molar refractivity (Wildman–Crippen MR) is 209 cm³/mol. The average Bonchev–Trinajstić information content (AvgIpc) is 3.59. The standard InChI is InChI=1S/C47H29N3O/c1-3-12-30(13-4-1)34-18-9-19-36(28-34)46-48-45(33-15-5-2-6-16-33)49-47(50-46)39-22-11-23-42-44(39)40-29-35(26-27-41(40)51-42)38-21-10-17-32-25-24-31-14-7-8-20-37(31)43(32)38/h1-29H. The van der Waals surface area contributed by atoms with E-state index in [9.17, 15) is 0 Å². The van der Waals surface area contributed by atoms with E-state index >= 15 is 0 Å². The summed E-state index contributed by atoms with van der Waals surface area (Å²) >= 11 is 0. The first-order valence-corrected chi connectivity index (χ1v) is 17.1. The summed E-state index contributed by atoms with van der Waals surface area (Å²) in [6.45, 7) is 0. The third kappa shape index (κ3) is 5.04. The lowest BCUT2D eigenvalue weighted by molar-refractivity contribution is 0.669. The zero-order valence-corrected chi connectivity index (χ0v) is 27.5. The lowest BCUT2D eigenvalue weighted by Crippen LogP contribution is -2.00. The second kappa shape index (κ2) is 11.9. The molecule has 238 valence electrons. The van der Waals surface area contributed by atoms with Gasteiger partial charge in [0.05, 0.1) is 0 Å². The van der Waals surface area contributed by atoms with Gasteiger partial charge in [0.15, 0.2) is 17.5 Å². The van der Waals surface area contributed by atoms with Crippen molar-refractivity contribution in [2.45, 2.75) is 0 Å². The number of hydrogen-bond acceptors (Lipinski definition) is 4. The van der Waals surface area contributed by atoms with Crippen LogP contribution in [0.3, 0.4) is 0 Å². The average molecular weight is 652 g/mol. The van der Waals surface area contributed by atoms with E-state index in [-0.39, 0.29) is 0 Å². The Kier molecular flexibility index (Phi) is 6.78. The minimum atomic E-state index is 0.596. The van der Waals surface area contributed by atoms with Crippen molar-refractivity contribution in [1.82, 2.24) is 15.0 Å². The highest BCUT2D eigenvalue weighted by molar-refractivity contribution is 6.17. The largest absolute Gasteiger partial charge is 0.456 e. The van der Waals surface area contributed by atoms with Gasteiger partial charge >= 0.3 is 0 Å². The normalized spacial score (nSPS) is 11.5. The van der Waals surface area contributed by atoms with Gasteiger partial charge in [-0.3, -0.25) is 0 Å². The van der Waals surface area contributed by atoms with Crippen LogP contribution in [-0.2, 0) is 0 Å². The minimum absolute atomic E-state index is 0.596. The minimum Gasteiger partial charge on any atom is -0.456 e. The number of furan rings is 1. The highest BCUT2D eigenvalue weighted by atomic mass is 16.3. The molecular formula is C47H29N3O. The van der Waals surface area contributed by atoms with Crippen molar-refractivity contribution in [3.8, 4) is 56.4 Å². The Morgan fingerprint density at radius 2 is 0.941 bits per heavy atom. The van der Waals surface area contributed by atoms with Crippen molar-refractivity contribution in [3.05, 3.63) is 176 Å². The van der Waals surface area contributed by atoms with Crippen LogP contribution in [0.4, 0.5) is 0 Å². The van der Waals surface area contributed by atoms with Crippen LogP contribution in [0, 0.1) is 0 Å². The van der Waals surface area contributed by atoms with Gasteiger partial charge in [-0.05, 0) is 68.1 Å². The summed E-state index contributed by atoms with van der Waals surface area (Å²) in [4.78, 5) is 15.3. The van der Waals surface area contributed by atoms with Crippen LogP contribution < -0.4 is 0 Å². The van der Waals surface area contributed by atoms with Crippen molar-refractivity contribution in [3.63, 3.8) is 0 Å². The first-order chi connectivity index (χ1) is 25.3. The summed E-state index contributed by atoms with van der Waals surface area (Å²) in [5.74, 6) is 1.83. The SMILES string of the molecule is c1ccc(-c2cccc(-c3nc(-c4ccccc4)nc(-c4cccc5oc6ccc(-c7cccc8ccc9ccccc9c78)cc6c45)n3)c2)cc1. The fourth-order valence-corrected chi connectivity index (χ4v) is 7.29. The number of fused-ring (bicyclic) bond motifs is 6. The molecule has 0 N–H and O–H groups in total. The van der Waals surface area contributed by atoms with Gasteiger partial charge < -0.3 is 4.42 Å². The molecule has 0 radical (unpaired) electrons. The van der Waals surface area contributed by atoms with E-state index in [2.05, 4.69) is 127 Å². The molecule has 2 heterocycles. The number of benzene rings is 8. The monoisotopic (exact) mass is 651 g/mol. The van der Waals surface area contributed by atoms with Gasteiger partial charge in [-0.15, -0.1) is 0 Å². The number of hydrogen-bond donors (Lipinski definition) is 0. The topological polar surface area (TPSA) is 51.8 Å². The molecule has 4 nitrogen and oxygen atoms in total.